The van der Waals surface area contributed by atoms with Gasteiger partial charge in [0, 0.05) is 10.7 Å². The third-order valence-electron chi connectivity index (χ3n) is 2.77. The van der Waals surface area contributed by atoms with E-state index in [2.05, 4.69) is 5.32 Å². The molecule has 0 aliphatic heterocycles. The van der Waals surface area contributed by atoms with Crippen LogP contribution in [0, 0.1) is 17.2 Å². The number of furan rings is 1. The molecule has 0 aliphatic rings. The normalized spacial score (nSPS) is 11.5. The largest absolute Gasteiger partial charge is 0.447 e. The molecule has 0 saturated heterocycles. The lowest BCUT2D eigenvalue weighted by atomic mass is 10.0. The highest BCUT2D eigenvalue weighted by Crippen LogP contribution is 2.21. The van der Waals surface area contributed by atoms with Gasteiger partial charge in [-0.2, -0.15) is 5.26 Å². The number of halogens is 1. The van der Waals surface area contributed by atoms with E-state index in [1.54, 1.807) is 36.6 Å². The van der Waals surface area contributed by atoms with Crippen LogP contribution in [0.4, 0.5) is 5.69 Å². The van der Waals surface area contributed by atoms with E-state index in [4.69, 9.17) is 21.3 Å². The molecule has 0 radical (unpaired) electrons. The summed E-state index contributed by atoms with van der Waals surface area (Å²) >= 11 is 7.14. The number of carbonyl (C=O) groups excluding carboxylic acids is 2. The van der Waals surface area contributed by atoms with E-state index < -0.39 is 17.6 Å². The molecule has 0 aliphatic carbocycles. The molecule has 1 atom stereocenters. The lowest BCUT2D eigenvalue weighted by Crippen LogP contribution is -2.28. The van der Waals surface area contributed by atoms with E-state index in [-0.39, 0.29) is 5.76 Å². The van der Waals surface area contributed by atoms with Gasteiger partial charge in [-0.15, -0.1) is 0 Å². The first-order valence-electron chi connectivity index (χ1n) is 6.19. The van der Waals surface area contributed by atoms with Gasteiger partial charge >= 0.3 is 0 Å². The van der Waals surface area contributed by atoms with Crippen molar-refractivity contribution in [1.29, 1.82) is 5.26 Å². The number of thioether (sulfide) groups is 1. The van der Waals surface area contributed by atoms with Gasteiger partial charge in [-0.25, -0.2) is 0 Å². The van der Waals surface area contributed by atoms with Crippen LogP contribution in [-0.4, -0.2) is 17.9 Å². The van der Waals surface area contributed by atoms with Gasteiger partial charge in [-0.05, 0) is 36.6 Å². The highest BCUT2D eigenvalue weighted by atomic mass is 35.5. The number of Topliss-reactive ketones (excluding diaryl/α,β-unsaturated/α-hetero) is 1. The highest BCUT2D eigenvalue weighted by Gasteiger charge is 2.30. The minimum atomic E-state index is -1.49. The van der Waals surface area contributed by atoms with Crippen LogP contribution in [0.5, 0.6) is 0 Å². The van der Waals surface area contributed by atoms with Gasteiger partial charge in [0.05, 0.1) is 6.07 Å². The molecule has 2 rings (SSSR count). The summed E-state index contributed by atoms with van der Waals surface area (Å²) in [4.78, 5) is 24.3. The average Bonchev–Trinajstić information content (AvgIpc) is 2.96. The maximum absolute atomic E-state index is 12.2. The molecule has 112 valence electrons. The van der Waals surface area contributed by atoms with Crippen molar-refractivity contribution in [1.82, 2.24) is 0 Å². The topological polar surface area (TPSA) is 83.1 Å². The van der Waals surface area contributed by atoms with Crippen molar-refractivity contribution in [2.75, 3.05) is 11.6 Å². The van der Waals surface area contributed by atoms with Crippen molar-refractivity contribution in [3.63, 3.8) is 0 Å². The SMILES string of the molecule is CSc1ccc(C(=O)C(C#N)C(=O)Nc2cccc(Cl)c2)o1. The Labute approximate surface area is 136 Å². The summed E-state index contributed by atoms with van der Waals surface area (Å²) in [5, 5.41) is 12.6. The number of ketones is 1. The fourth-order valence-electron chi connectivity index (χ4n) is 1.72. The van der Waals surface area contributed by atoms with Crippen LogP contribution in [-0.2, 0) is 4.79 Å². The number of amides is 1. The predicted octanol–water partition coefficient (Wildman–Crippen LogP) is 3.62. The summed E-state index contributed by atoms with van der Waals surface area (Å²) in [6.07, 6.45) is 1.79. The number of hydrogen-bond acceptors (Lipinski definition) is 5. The molecule has 1 amide bonds. The Kier molecular flexibility index (Phi) is 5.26. The van der Waals surface area contributed by atoms with E-state index >= 15 is 0 Å². The Hall–Kier alpha value is -2.23. The lowest BCUT2D eigenvalue weighted by Gasteiger charge is -2.08. The number of nitrogens with zero attached hydrogens (tertiary/aromatic N) is 1. The first kappa shape index (κ1) is 16.1. The number of nitrogens with one attached hydrogen (secondary N) is 1. The molecule has 1 N–H and O–H groups in total. The van der Waals surface area contributed by atoms with Crippen molar-refractivity contribution in [3.05, 3.63) is 47.2 Å². The van der Waals surface area contributed by atoms with Crippen molar-refractivity contribution in [3.8, 4) is 6.07 Å². The Bertz CT molecular complexity index is 751. The second-order valence-electron chi connectivity index (χ2n) is 4.25. The number of nitriles is 1. The Morgan fingerprint density at radius 1 is 1.36 bits per heavy atom. The Balaban J connectivity index is 2.15. The average molecular weight is 335 g/mol. The molecular formula is C15H11ClN2O3S. The van der Waals surface area contributed by atoms with Gasteiger partial charge in [0.15, 0.2) is 16.8 Å². The molecule has 1 heterocycles. The smallest absolute Gasteiger partial charge is 0.249 e. The number of benzene rings is 1. The van der Waals surface area contributed by atoms with Crippen molar-refractivity contribution in [2.24, 2.45) is 5.92 Å². The lowest BCUT2D eigenvalue weighted by molar-refractivity contribution is -0.117. The highest BCUT2D eigenvalue weighted by molar-refractivity contribution is 7.98. The van der Waals surface area contributed by atoms with Crippen molar-refractivity contribution >= 4 is 40.7 Å². The second kappa shape index (κ2) is 7.16. The molecule has 0 saturated carbocycles. The van der Waals surface area contributed by atoms with Crippen molar-refractivity contribution < 1.29 is 14.0 Å². The van der Waals surface area contributed by atoms with E-state index in [1.807, 2.05) is 0 Å². The molecule has 5 nitrogen and oxygen atoms in total. The van der Waals surface area contributed by atoms with Crippen LogP contribution < -0.4 is 5.32 Å². The summed E-state index contributed by atoms with van der Waals surface area (Å²) < 4.78 is 5.26. The fourth-order valence-corrected chi connectivity index (χ4v) is 2.29. The molecule has 0 spiro atoms. The monoisotopic (exact) mass is 334 g/mol. The zero-order chi connectivity index (χ0) is 16.1. The standard InChI is InChI=1S/C15H11ClN2O3S/c1-22-13-6-5-12(21-13)14(19)11(8-17)15(20)18-10-4-2-3-9(16)7-10/h2-7,11H,1H3,(H,18,20). The minimum absolute atomic E-state index is 0.0165. The molecular weight excluding hydrogens is 324 g/mol. The van der Waals surface area contributed by atoms with Crippen LogP contribution in [0.3, 0.4) is 0 Å². The minimum Gasteiger partial charge on any atom is -0.447 e. The summed E-state index contributed by atoms with van der Waals surface area (Å²) in [6.45, 7) is 0. The maximum atomic E-state index is 12.2. The van der Waals surface area contributed by atoms with E-state index in [0.717, 1.165) is 0 Å². The molecule has 1 unspecified atom stereocenters. The van der Waals surface area contributed by atoms with Gasteiger partial charge in [-0.3, -0.25) is 9.59 Å². The first-order chi connectivity index (χ1) is 10.5. The number of rotatable bonds is 5. The molecule has 0 fully saturated rings. The quantitative estimate of drug-likeness (QED) is 0.513. The molecule has 7 heteroatoms. The number of hydrogen-bond donors (Lipinski definition) is 1. The summed E-state index contributed by atoms with van der Waals surface area (Å²) in [7, 11) is 0. The van der Waals surface area contributed by atoms with E-state index in [0.29, 0.717) is 15.8 Å². The van der Waals surface area contributed by atoms with Crippen LogP contribution in [0.15, 0.2) is 45.9 Å². The van der Waals surface area contributed by atoms with Gasteiger partial charge in [-0.1, -0.05) is 29.4 Å². The zero-order valence-electron chi connectivity index (χ0n) is 11.5. The van der Waals surface area contributed by atoms with Crippen LogP contribution in [0.2, 0.25) is 5.02 Å². The van der Waals surface area contributed by atoms with Crippen LogP contribution >= 0.6 is 23.4 Å². The molecule has 0 bridgehead atoms. The third-order valence-corrected chi connectivity index (χ3v) is 3.63. The Morgan fingerprint density at radius 3 is 2.73 bits per heavy atom. The fraction of sp³-hybridized carbons (Fsp3) is 0.133. The van der Waals surface area contributed by atoms with Crippen molar-refractivity contribution in [2.45, 2.75) is 5.09 Å². The van der Waals surface area contributed by atoms with Gasteiger partial charge in [0.25, 0.3) is 0 Å². The molecule has 1 aromatic carbocycles. The van der Waals surface area contributed by atoms with E-state index in [1.165, 1.54) is 23.9 Å². The first-order valence-corrected chi connectivity index (χ1v) is 7.79. The zero-order valence-corrected chi connectivity index (χ0v) is 13.1. The van der Waals surface area contributed by atoms with Crippen LogP contribution in [0.1, 0.15) is 10.6 Å². The van der Waals surface area contributed by atoms with E-state index in [9.17, 15) is 9.59 Å². The molecule has 22 heavy (non-hydrogen) atoms. The van der Waals surface area contributed by atoms with Gasteiger partial charge in [0.1, 0.15) is 0 Å². The summed E-state index contributed by atoms with van der Waals surface area (Å²) in [6, 6.07) is 11.2. The Morgan fingerprint density at radius 2 is 2.14 bits per heavy atom. The number of carbonyl (C=O) groups is 2. The number of anilines is 1. The third kappa shape index (κ3) is 3.70. The molecule has 1 aromatic heterocycles. The van der Waals surface area contributed by atoms with Gasteiger partial charge in [0.2, 0.25) is 11.7 Å². The summed E-state index contributed by atoms with van der Waals surface area (Å²) in [5.74, 6) is -2.91. The van der Waals surface area contributed by atoms with Crippen LogP contribution in [0.25, 0.3) is 0 Å². The predicted molar refractivity (Wildman–Crippen MR) is 84.0 cm³/mol. The second-order valence-corrected chi connectivity index (χ2v) is 5.50. The van der Waals surface area contributed by atoms with Gasteiger partial charge < -0.3 is 9.73 Å². The maximum Gasteiger partial charge on any atom is 0.249 e. The summed E-state index contributed by atoms with van der Waals surface area (Å²) in [5.41, 5.74) is 0.412. The molecule has 2 aromatic rings.